The van der Waals surface area contributed by atoms with E-state index in [0.29, 0.717) is 21.3 Å². The Kier molecular flexibility index (Phi) is 4.31. The van der Waals surface area contributed by atoms with Gasteiger partial charge in [0.05, 0.1) is 5.56 Å². The third-order valence-electron chi connectivity index (χ3n) is 3.19. The second kappa shape index (κ2) is 5.81. The van der Waals surface area contributed by atoms with E-state index < -0.39 is 0 Å². The summed E-state index contributed by atoms with van der Waals surface area (Å²) in [6.07, 6.45) is 0. The van der Waals surface area contributed by atoms with E-state index in [-0.39, 0.29) is 0 Å². The largest absolute Gasteiger partial charge is 0.456 e. The van der Waals surface area contributed by atoms with E-state index in [1.54, 1.807) is 18.2 Å². The fraction of sp³-hybridized carbons (Fsp3) is 0.188. The highest BCUT2D eigenvalue weighted by Gasteiger charge is 2.11. The molecule has 0 amide bonds. The molecule has 104 valence electrons. The van der Waals surface area contributed by atoms with E-state index in [1.807, 2.05) is 19.9 Å². The van der Waals surface area contributed by atoms with Crippen LogP contribution in [-0.2, 0) is 0 Å². The highest BCUT2D eigenvalue weighted by Crippen LogP contribution is 2.32. The van der Waals surface area contributed by atoms with Crippen LogP contribution in [0.15, 0.2) is 30.3 Å². The Morgan fingerprint density at radius 2 is 1.80 bits per heavy atom. The van der Waals surface area contributed by atoms with E-state index in [2.05, 4.69) is 13.0 Å². The molecule has 0 aliphatic heterocycles. The second-order valence-corrected chi connectivity index (χ2v) is 5.69. The van der Waals surface area contributed by atoms with Crippen LogP contribution in [0.5, 0.6) is 11.5 Å². The van der Waals surface area contributed by atoms with Crippen molar-refractivity contribution in [1.82, 2.24) is 0 Å². The average molecular weight is 306 g/mol. The lowest BCUT2D eigenvalue weighted by Crippen LogP contribution is -2.10. The Bertz CT molecular complexity index is 682. The summed E-state index contributed by atoms with van der Waals surface area (Å²) in [6.45, 7) is 6.11. The van der Waals surface area contributed by atoms with Crippen LogP contribution < -0.4 is 10.5 Å². The summed E-state index contributed by atoms with van der Waals surface area (Å²) in [4.78, 5) is 0.290. The molecule has 2 N–H and O–H groups in total. The van der Waals surface area contributed by atoms with Crippen LogP contribution in [0.1, 0.15) is 22.3 Å². The molecular weight excluding hydrogens is 290 g/mol. The Hall–Kier alpha value is -1.58. The molecule has 0 atom stereocenters. The minimum absolute atomic E-state index is 0.290. The summed E-state index contributed by atoms with van der Waals surface area (Å²) >= 11 is 11.1. The number of thiocarbonyl (C=S) groups is 1. The number of aryl methyl sites for hydroxylation is 2. The standard InChI is InChI=1S/C16H16ClNOS/c1-9-6-10(2)11(3)14(7-9)19-15-8-12(17)4-5-13(15)16(18)20/h4-8H,1-3H3,(H2,18,20). The molecule has 0 aromatic heterocycles. The van der Waals surface area contributed by atoms with Gasteiger partial charge in [-0.25, -0.2) is 0 Å². The van der Waals surface area contributed by atoms with Gasteiger partial charge in [-0.2, -0.15) is 0 Å². The van der Waals surface area contributed by atoms with Gasteiger partial charge in [-0.1, -0.05) is 29.9 Å². The van der Waals surface area contributed by atoms with Crippen molar-refractivity contribution < 1.29 is 4.74 Å². The summed E-state index contributed by atoms with van der Waals surface area (Å²) in [5, 5.41) is 0.585. The van der Waals surface area contributed by atoms with Crippen LogP contribution in [-0.4, -0.2) is 4.99 Å². The molecule has 2 aromatic rings. The maximum Gasteiger partial charge on any atom is 0.139 e. The van der Waals surface area contributed by atoms with Crippen molar-refractivity contribution in [2.24, 2.45) is 5.73 Å². The molecule has 2 aromatic carbocycles. The fourth-order valence-corrected chi connectivity index (χ4v) is 2.34. The molecule has 2 nitrogen and oxygen atoms in total. The minimum Gasteiger partial charge on any atom is -0.456 e. The maximum atomic E-state index is 6.03. The van der Waals surface area contributed by atoms with Gasteiger partial charge in [0.2, 0.25) is 0 Å². The summed E-state index contributed by atoms with van der Waals surface area (Å²) < 4.78 is 5.99. The number of nitrogens with two attached hydrogens (primary N) is 1. The van der Waals surface area contributed by atoms with Gasteiger partial charge < -0.3 is 10.5 Å². The molecule has 4 heteroatoms. The molecule has 0 saturated heterocycles. The Morgan fingerprint density at radius 1 is 1.10 bits per heavy atom. The fourth-order valence-electron chi connectivity index (χ4n) is 2.01. The van der Waals surface area contributed by atoms with Crippen LogP contribution in [0, 0.1) is 20.8 Å². The van der Waals surface area contributed by atoms with Gasteiger partial charge in [0, 0.05) is 11.1 Å². The topological polar surface area (TPSA) is 35.2 Å². The molecule has 0 heterocycles. The maximum absolute atomic E-state index is 6.03. The van der Waals surface area contributed by atoms with Crippen LogP contribution in [0.4, 0.5) is 0 Å². The first kappa shape index (κ1) is 14.8. The quantitative estimate of drug-likeness (QED) is 0.835. The van der Waals surface area contributed by atoms with Crippen molar-refractivity contribution in [3.8, 4) is 11.5 Å². The molecule has 0 bridgehead atoms. The normalized spacial score (nSPS) is 10.4. The zero-order chi connectivity index (χ0) is 14.9. The molecule has 2 rings (SSSR count). The summed E-state index contributed by atoms with van der Waals surface area (Å²) in [7, 11) is 0. The molecule has 0 unspecified atom stereocenters. The number of benzene rings is 2. The van der Waals surface area contributed by atoms with Crippen LogP contribution in [0.3, 0.4) is 0 Å². The van der Waals surface area contributed by atoms with Gasteiger partial charge in [0.25, 0.3) is 0 Å². The third kappa shape index (κ3) is 3.11. The smallest absolute Gasteiger partial charge is 0.139 e. The zero-order valence-corrected chi connectivity index (χ0v) is 13.2. The molecule has 0 fully saturated rings. The third-order valence-corrected chi connectivity index (χ3v) is 3.65. The van der Waals surface area contributed by atoms with Crippen molar-refractivity contribution in [3.63, 3.8) is 0 Å². The first-order valence-corrected chi connectivity index (χ1v) is 7.02. The lowest BCUT2D eigenvalue weighted by molar-refractivity contribution is 0.477. The average Bonchev–Trinajstić information content (AvgIpc) is 2.35. The van der Waals surface area contributed by atoms with Gasteiger partial charge in [0.15, 0.2) is 0 Å². The van der Waals surface area contributed by atoms with Crippen molar-refractivity contribution in [3.05, 3.63) is 57.6 Å². The Balaban J connectivity index is 2.50. The predicted octanol–water partition coefficient (Wildman–Crippen LogP) is 4.69. The molecule has 0 saturated carbocycles. The van der Waals surface area contributed by atoms with Crippen molar-refractivity contribution in [2.45, 2.75) is 20.8 Å². The zero-order valence-electron chi connectivity index (χ0n) is 11.7. The number of hydrogen-bond donors (Lipinski definition) is 1. The summed E-state index contributed by atoms with van der Waals surface area (Å²) in [6, 6.07) is 9.36. The second-order valence-electron chi connectivity index (χ2n) is 4.81. The van der Waals surface area contributed by atoms with Crippen molar-refractivity contribution in [1.29, 1.82) is 0 Å². The monoisotopic (exact) mass is 305 g/mol. The summed E-state index contributed by atoms with van der Waals surface area (Å²) in [5.74, 6) is 1.38. The van der Waals surface area contributed by atoms with Crippen molar-refractivity contribution in [2.75, 3.05) is 0 Å². The van der Waals surface area contributed by atoms with Gasteiger partial charge in [-0.15, -0.1) is 0 Å². The van der Waals surface area contributed by atoms with Gasteiger partial charge in [0.1, 0.15) is 16.5 Å². The number of rotatable bonds is 3. The molecule has 0 aliphatic carbocycles. The number of halogens is 1. The SMILES string of the molecule is Cc1cc(C)c(C)c(Oc2cc(Cl)ccc2C(N)=S)c1. The van der Waals surface area contributed by atoms with E-state index in [9.17, 15) is 0 Å². The molecule has 0 spiro atoms. The molecule has 0 aliphatic rings. The Morgan fingerprint density at radius 3 is 2.45 bits per heavy atom. The minimum atomic E-state index is 0.290. The Labute approximate surface area is 129 Å². The van der Waals surface area contributed by atoms with Crippen molar-refractivity contribution >= 4 is 28.8 Å². The first-order valence-electron chi connectivity index (χ1n) is 6.23. The van der Waals surface area contributed by atoms with Gasteiger partial charge in [-0.05, 0) is 55.7 Å². The van der Waals surface area contributed by atoms with E-state index in [4.69, 9.17) is 34.3 Å². The number of hydrogen-bond acceptors (Lipinski definition) is 2. The highest BCUT2D eigenvalue weighted by atomic mass is 35.5. The molecule has 20 heavy (non-hydrogen) atoms. The first-order chi connectivity index (χ1) is 9.38. The van der Waals surface area contributed by atoms with Gasteiger partial charge >= 0.3 is 0 Å². The predicted molar refractivity (Wildman–Crippen MR) is 88.1 cm³/mol. The molecular formula is C16H16ClNOS. The van der Waals surface area contributed by atoms with Crippen LogP contribution >= 0.6 is 23.8 Å². The van der Waals surface area contributed by atoms with E-state index in [1.165, 1.54) is 5.56 Å². The van der Waals surface area contributed by atoms with Crippen LogP contribution in [0.2, 0.25) is 5.02 Å². The lowest BCUT2D eigenvalue weighted by atomic mass is 10.1. The lowest BCUT2D eigenvalue weighted by Gasteiger charge is -2.14. The van der Waals surface area contributed by atoms with Crippen LogP contribution in [0.25, 0.3) is 0 Å². The highest BCUT2D eigenvalue weighted by molar-refractivity contribution is 7.80. The number of ether oxygens (including phenoxy) is 1. The molecule has 0 radical (unpaired) electrons. The van der Waals surface area contributed by atoms with E-state index in [0.717, 1.165) is 16.9 Å². The van der Waals surface area contributed by atoms with Gasteiger partial charge in [-0.3, -0.25) is 0 Å². The van der Waals surface area contributed by atoms with E-state index >= 15 is 0 Å². The summed E-state index contributed by atoms with van der Waals surface area (Å²) in [5.41, 5.74) is 9.82.